The number of phenolic OH excluding ortho intramolecular Hbond substituents is 4. The van der Waals surface area contributed by atoms with Gasteiger partial charge in [-0.1, -0.05) is 71.3 Å². The molecule has 7 heteroatoms. The molecule has 4 aromatic rings. The minimum absolute atomic E-state index is 0.169. The topological polar surface area (TPSA) is 118 Å². The maximum atomic E-state index is 11.1. The molecule has 2 atom stereocenters. The van der Waals surface area contributed by atoms with E-state index < -0.39 is 5.97 Å². The minimum Gasteiger partial charge on any atom is -0.508 e. The van der Waals surface area contributed by atoms with E-state index in [0.29, 0.717) is 30.4 Å². The molecule has 0 amide bonds. The number of hydrogen-bond donors (Lipinski definition) is 5. The van der Waals surface area contributed by atoms with E-state index >= 15 is 0 Å². The first-order valence-corrected chi connectivity index (χ1v) is 13.7. The van der Waals surface area contributed by atoms with Crippen LogP contribution in [0.15, 0.2) is 66.7 Å². The van der Waals surface area contributed by atoms with Crippen LogP contribution in [0, 0.1) is 20.8 Å². The summed E-state index contributed by atoms with van der Waals surface area (Å²) in [6.07, 6.45) is 1.18. The Kier molecular flexibility index (Phi) is 10.2. The van der Waals surface area contributed by atoms with Gasteiger partial charge in [0.1, 0.15) is 23.0 Å². The lowest BCUT2D eigenvalue weighted by Crippen LogP contribution is -2.06. The van der Waals surface area contributed by atoms with E-state index in [1.165, 1.54) is 0 Å². The van der Waals surface area contributed by atoms with Gasteiger partial charge in [0.25, 0.3) is 0 Å². The number of aromatic hydroxyl groups is 4. The molecule has 0 fully saturated rings. The molecular weight excluding hydrogens is 523 g/mol. The maximum Gasteiger partial charge on any atom is 0.310 e. The summed E-state index contributed by atoms with van der Waals surface area (Å²) in [6.45, 7) is 7.51. The lowest BCUT2D eigenvalue weighted by Gasteiger charge is -2.15. The Hall–Kier alpha value is -4.02. The highest BCUT2D eigenvalue weighted by Crippen LogP contribution is 2.34. The Balaban J connectivity index is 0.000000663. The van der Waals surface area contributed by atoms with Gasteiger partial charge in [0.05, 0.1) is 5.66 Å². The van der Waals surface area contributed by atoms with Gasteiger partial charge in [0.15, 0.2) is 0 Å². The summed E-state index contributed by atoms with van der Waals surface area (Å²) in [5, 5.41) is 50.5. The number of aliphatic carboxylic acids is 1. The SMILES string of the molecule is CC(P)C(=O)O.Cc1ccc(O)c(Cc2cccc(Cc3cc(C)cc(Cc4cc(C)ccc4O)c3O)c2O)c1. The van der Waals surface area contributed by atoms with Crippen molar-refractivity contribution in [3.8, 4) is 23.0 Å². The summed E-state index contributed by atoms with van der Waals surface area (Å²) in [6, 6.07) is 20.3. The molecule has 0 aliphatic heterocycles. The smallest absolute Gasteiger partial charge is 0.310 e. The summed E-state index contributed by atoms with van der Waals surface area (Å²) in [5.41, 5.74) is 7.15. The van der Waals surface area contributed by atoms with Gasteiger partial charge in [0, 0.05) is 19.3 Å². The Morgan fingerprint density at radius 3 is 1.40 bits per heavy atom. The van der Waals surface area contributed by atoms with Crippen molar-refractivity contribution >= 4 is 15.2 Å². The molecule has 4 rings (SSSR count). The zero-order valence-electron chi connectivity index (χ0n) is 23.3. The van der Waals surface area contributed by atoms with Crippen LogP contribution in [0.3, 0.4) is 0 Å². The standard InChI is InChI=1S/C30H30O4.C3H7O2P/c1-18-7-9-27(31)23(11-18)15-21-5-4-6-22(29(21)33)16-25-13-20(3)14-26(30(25)34)17-24-12-19(2)8-10-28(24)32;1-2(6)3(4)5/h4-14,31-34H,15-17H2,1-3H3;2H,6H2,1H3,(H,4,5). The molecule has 210 valence electrons. The second-order valence-electron chi connectivity index (χ2n) is 10.3. The fourth-order valence-electron chi connectivity index (χ4n) is 4.46. The van der Waals surface area contributed by atoms with Crippen molar-refractivity contribution in [3.05, 3.63) is 117 Å². The third-order valence-electron chi connectivity index (χ3n) is 6.62. The first-order chi connectivity index (χ1) is 18.8. The van der Waals surface area contributed by atoms with E-state index in [9.17, 15) is 25.2 Å². The summed E-state index contributed by atoms with van der Waals surface area (Å²) >= 11 is 0. The number of carbonyl (C=O) groups is 1. The third-order valence-corrected chi connectivity index (χ3v) is 6.90. The zero-order chi connectivity index (χ0) is 29.6. The molecule has 5 N–H and O–H groups in total. The van der Waals surface area contributed by atoms with Gasteiger partial charge < -0.3 is 25.5 Å². The number of carboxylic acid groups (broad SMARTS) is 1. The molecule has 40 heavy (non-hydrogen) atoms. The molecule has 0 aliphatic rings. The van der Waals surface area contributed by atoms with Crippen LogP contribution in [0.2, 0.25) is 0 Å². The second-order valence-corrected chi connectivity index (χ2v) is 11.3. The molecule has 0 bridgehead atoms. The van der Waals surface area contributed by atoms with Crippen LogP contribution in [0.1, 0.15) is 57.0 Å². The van der Waals surface area contributed by atoms with E-state index in [1.54, 1.807) is 19.1 Å². The molecule has 0 heterocycles. The molecular formula is C33H37O6P. The monoisotopic (exact) mass is 560 g/mol. The van der Waals surface area contributed by atoms with E-state index in [0.717, 1.165) is 38.9 Å². The number of rotatable bonds is 7. The minimum atomic E-state index is -0.778. The van der Waals surface area contributed by atoms with Crippen molar-refractivity contribution in [1.82, 2.24) is 0 Å². The summed E-state index contributed by atoms with van der Waals surface area (Å²) in [7, 11) is 2.17. The zero-order valence-corrected chi connectivity index (χ0v) is 24.4. The maximum absolute atomic E-state index is 11.1. The van der Waals surface area contributed by atoms with Crippen molar-refractivity contribution in [3.63, 3.8) is 0 Å². The van der Waals surface area contributed by atoms with Crippen LogP contribution in [0.25, 0.3) is 0 Å². The lowest BCUT2D eigenvalue weighted by molar-refractivity contribution is -0.136. The Morgan fingerprint density at radius 2 is 0.975 bits per heavy atom. The van der Waals surface area contributed by atoms with Crippen LogP contribution in [0.4, 0.5) is 0 Å². The number of benzene rings is 4. The fourth-order valence-corrected chi connectivity index (χ4v) is 4.46. The van der Waals surface area contributed by atoms with Gasteiger partial charge in [0.2, 0.25) is 0 Å². The molecule has 6 nitrogen and oxygen atoms in total. The predicted octanol–water partition coefficient (Wildman–Crippen LogP) is 6.54. The van der Waals surface area contributed by atoms with Crippen LogP contribution in [0.5, 0.6) is 23.0 Å². The summed E-state index contributed by atoms with van der Waals surface area (Å²) in [4.78, 5) is 9.68. The quantitative estimate of drug-likeness (QED) is 0.164. The molecule has 0 radical (unpaired) electrons. The average molecular weight is 561 g/mol. The Morgan fingerprint density at radius 1 is 0.625 bits per heavy atom. The molecule has 0 aromatic heterocycles. The molecule has 0 spiro atoms. The molecule has 2 unspecified atom stereocenters. The van der Waals surface area contributed by atoms with Crippen LogP contribution in [-0.2, 0) is 24.1 Å². The molecule has 0 saturated carbocycles. The van der Waals surface area contributed by atoms with Crippen molar-refractivity contribution in [2.75, 3.05) is 0 Å². The molecule has 4 aromatic carbocycles. The number of para-hydroxylation sites is 1. The molecule has 0 saturated heterocycles. The van der Waals surface area contributed by atoms with Gasteiger partial charge >= 0.3 is 5.97 Å². The average Bonchev–Trinajstić information content (AvgIpc) is 2.89. The van der Waals surface area contributed by atoms with Crippen molar-refractivity contribution in [2.45, 2.75) is 52.6 Å². The Labute approximate surface area is 237 Å². The number of hydrogen-bond acceptors (Lipinski definition) is 5. The van der Waals surface area contributed by atoms with Gasteiger partial charge in [-0.15, -0.1) is 9.24 Å². The van der Waals surface area contributed by atoms with E-state index in [1.807, 2.05) is 75.4 Å². The van der Waals surface area contributed by atoms with Gasteiger partial charge in [-0.25, -0.2) is 0 Å². The van der Waals surface area contributed by atoms with Crippen molar-refractivity contribution < 1.29 is 30.3 Å². The number of carboxylic acids is 1. The summed E-state index contributed by atoms with van der Waals surface area (Å²) < 4.78 is 0. The van der Waals surface area contributed by atoms with Crippen molar-refractivity contribution in [1.29, 1.82) is 0 Å². The fraction of sp³-hybridized carbons (Fsp3) is 0.242. The first-order valence-electron chi connectivity index (χ1n) is 13.0. The highest BCUT2D eigenvalue weighted by atomic mass is 31.0. The largest absolute Gasteiger partial charge is 0.508 e. The first kappa shape index (κ1) is 30.5. The predicted molar refractivity (Wildman–Crippen MR) is 162 cm³/mol. The van der Waals surface area contributed by atoms with E-state index in [4.69, 9.17) is 5.11 Å². The van der Waals surface area contributed by atoms with E-state index in [-0.39, 0.29) is 28.7 Å². The van der Waals surface area contributed by atoms with Crippen molar-refractivity contribution in [2.24, 2.45) is 0 Å². The lowest BCUT2D eigenvalue weighted by atomic mass is 9.93. The highest BCUT2D eigenvalue weighted by Gasteiger charge is 2.16. The van der Waals surface area contributed by atoms with Gasteiger partial charge in [-0.05, 0) is 73.2 Å². The van der Waals surface area contributed by atoms with Gasteiger partial charge in [-0.2, -0.15) is 0 Å². The van der Waals surface area contributed by atoms with E-state index in [2.05, 4.69) is 9.24 Å². The summed E-state index contributed by atoms with van der Waals surface area (Å²) in [5.74, 6) is -0.0246. The molecule has 0 aliphatic carbocycles. The van der Waals surface area contributed by atoms with Gasteiger partial charge in [-0.3, -0.25) is 4.79 Å². The Bertz CT molecular complexity index is 1510. The van der Waals surface area contributed by atoms with Crippen LogP contribution >= 0.6 is 9.24 Å². The second kappa shape index (κ2) is 13.4. The number of phenols is 4. The number of aryl methyl sites for hydroxylation is 3. The van der Waals surface area contributed by atoms with Crippen LogP contribution < -0.4 is 0 Å². The third kappa shape index (κ3) is 8.00. The highest BCUT2D eigenvalue weighted by molar-refractivity contribution is 7.19. The van der Waals surface area contributed by atoms with Crippen LogP contribution in [-0.4, -0.2) is 37.2 Å². The normalized spacial score (nSPS) is 11.4.